The molecule has 25 heavy (non-hydrogen) atoms. The van der Waals surface area contributed by atoms with Gasteiger partial charge < -0.3 is 15.2 Å². The van der Waals surface area contributed by atoms with Crippen molar-refractivity contribution in [3.05, 3.63) is 28.2 Å². The molecule has 0 saturated heterocycles. The van der Waals surface area contributed by atoms with Crippen molar-refractivity contribution < 1.29 is 24.2 Å². The summed E-state index contributed by atoms with van der Waals surface area (Å²) < 4.78 is 5.09. The van der Waals surface area contributed by atoms with Gasteiger partial charge in [0.2, 0.25) is 5.91 Å². The second-order valence-electron chi connectivity index (χ2n) is 6.54. The molecular formula is C18H21NO5S. The SMILES string of the molecule is CCOC(=O)c1c(NC(=O)[C@@H]2[C@@H](C(=O)O)[C@H]3C=C[C@H]2C3)sc(C)c1C. The lowest BCUT2D eigenvalue weighted by molar-refractivity contribution is -0.146. The zero-order chi connectivity index (χ0) is 18.3. The van der Waals surface area contributed by atoms with Crippen LogP contribution >= 0.6 is 11.3 Å². The van der Waals surface area contributed by atoms with Gasteiger partial charge in [-0.05, 0) is 44.6 Å². The number of esters is 1. The van der Waals surface area contributed by atoms with E-state index < -0.39 is 23.8 Å². The number of amides is 1. The van der Waals surface area contributed by atoms with Crippen molar-refractivity contribution in [3.63, 3.8) is 0 Å². The van der Waals surface area contributed by atoms with E-state index in [1.807, 2.05) is 26.0 Å². The molecule has 1 saturated carbocycles. The van der Waals surface area contributed by atoms with Crippen molar-refractivity contribution >= 4 is 34.2 Å². The Morgan fingerprint density at radius 2 is 1.88 bits per heavy atom. The first-order valence-electron chi connectivity index (χ1n) is 8.34. The highest BCUT2D eigenvalue weighted by atomic mass is 32.1. The predicted molar refractivity (Wildman–Crippen MR) is 93.7 cm³/mol. The molecule has 0 aliphatic heterocycles. The van der Waals surface area contributed by atoms with Gasteiger partial charge in [0.25, 0.3) is 0 Å². The molecule has 7 heteroatoms. The Kier molecular flexibility index (Phi) is 4.69. The monoisotopic (exact) mass is 363 g/mol. The molecule has 0 spiro atoms. The normalized spacial score (nSPS) is 26.7. The zero-order valence-electron chi connectivity index (χ0n) is 14.4. The molecule has 0 aromatic carbocycles. The molecule has 1 fully saturated rings. The van der Waals surface area contributed by atoms with E-state index in [0.717, 1.165) is 10.4 Å². The molecule has 0 unspecified atom stereocenters. The number of rotatable bonds is 5. The van der Waals surface area contributed by atoms with Crippen molar-refractivity contribution in [3.8, 4) is 0 Å². The van der Waals surface area contributed by atoms with Gasteiger partial charge in [-0.2, -0.15) is 0 Å². The number of carbonyl (C=O) groups is 3. The quantitative estimate of drug-likeness (QED) is 0.620. The number of fused-ring (bicyclic) bond motifs is 2. The molecule has 134 valence electrons. The number of thiophene rings is 1. The van der Waals surface area contributed by atoms with E-state index >= 15 is 0 Å². The maximum absolute atomic E-state index is 12.8. The van der Waals surface area contributed by atoms with E-state index in [4.69, 9.17) is 4.74 Å². The Balaban J connectivity index is 1.87. The summed E-state index contributed by atoms with van der Waals surface area (Å²) in [4.78, 5) is 37.6. The van der Waals surface area contributed by atoms with Crippen molar-refractivity contribution in [2.75, 3.05) is 11.9 Å². The topological polar surface area (TPSA) is 92.7 Å². The molecule has 2 aliphatic rings. The van der Waals surface area contributed by atoms with Gasteiger partial charge >= 0.3 is 11.9 Å². The highest BCUT2D eigenvalue weighted by Gasteiger charge is 2.51. The van der Waals surface area contributed by atoms with Gasteiger partial charge in [-0.15, -0.1) is 11.3 Å². The second kappa shape index (κ2) is 6.63. The third kappa shape index (κ3) is 2.97. The first-order chi connectivity index (χ1) is 11.8. The summed E-state index contributed by atoms with van der Waals surface area (Å²) in [7, 11) is 0. The Labute approximate surface area is 149 Å². The van der Waals surface area contributed by atoms with Gasteiger partial charge in [0.1, 0.15) is 5.00 Å². The lowest BCUT2D eigenvalue weighted by Gasteiger charge is -2.23. The maximum atomic E-state index is 12.8. The summed E-state index contributed by atoms with van der Waals surface area (Å²) in [6.45, 7) is 5.66. The van der Waals surface area contributed by atoms with Gasteiger partial charge in [0.05, 0.1) is 24.0 Å². The van der Waals surface area contributed by atoms with E-state index in [1.165, 1.54) is 11.3 Å². The highest BCUT2D eigenvalue weighted by molar-refractivity contribution is 7.16. The standard InChI is InChI=1S/C18H21NO5S/c1-4-24-18(23)12-8(2)9(3)25-16(12)19-15(20)13-10-5-6-11(7-10)14(13)17(21)22/h5-6,10-11,13-14H,4,7H2,1-3H3,(H,19,20)(H,21,22)/t10-,11-,13-,14-/m0/s1. The van der Waals surface area contributed by atoms with Crippen molar-refractivity contribution in [1.82, 2.24) is 0 Å². The molecule has 0 radical (unpaired) electrons. The number of anilines is 1. The smallest absolute Gasteiger partial charge is 0.341 e. The Morgan fingerprint density at radius 1 is 1.24 bits per heavy atom. The van der Waals surface area contributed by atoms with Crippen molar-refractivity contribution in [2.24, 2.45) is 23.7 Å². The molecule has 1 aromatic rings. The van der Waals surface area contributed by atoms with Crippen LogP contribution in [0.2, 0.25) is 0 Å². The summed E-state index contributed by atoms with van der Waals surface area (Å²) in [6.07, 6.45) is 4.53. The van der Waals surface area contributed by atoms with E-state index in [0.29, 0.717) is 17.0 Å². The molecule has 1 aromatic heterocycles. The average Bonchev–Trinajstić information content (AvgIpc) is 3.21. The number of carboxylic acids is 1. The summed E-state index contributed by atoms with van der Waals surface area (Å²) in [5, 5.41) is 12.7. The number of allylic oxidation sites excluding steroid dienone is 2. The average molecular weight is 363 g/mol. The minimum absolute atomic E-state index is 0.0562. The summed E-state index contributed by atoms with van der Waals surface area (Å²) in [5.41, 5.74) is 1.14. The van der Waals surface area contributed by atoms with Crippen LogP contribution in [-0.4, -0.2) is 29.6 Å². The van der Waals surface area contributed by atoms with Gasteiger partial charge in [-0.3, -0.25) is 9.59 Å². The molecule has 4 atom stereocenters. The van der Waals surface area contributed by atoms with Gasteiger partial charge in [-0.1, -0.05) is 12.2 Å². The van der Waals surface area contributed by atoms with Crippen LogP contribution in [0.15, 0.2) is 12.2 Å². The number of carbonyl (C=O) groups excluding carboxylic acids is 2. The van der Waals surface area contributed by atoms with Crippen LogP contribution in [0.5, 0.6) is 0 Å². The van der Waals surface area contributed by atoms with Crippen molar-refractivity contribution in [2.45, 2.75) is 27.2 Å². The predicted octanol–water partition coefficient (Wildman–Crippen LogP) is 3.00. The summed E-state index contributed by atoms with van der Waals surface area (Å²) in [5.74, 6) is -3.21. The van der Waals surface area contributed by atoms with Crippen LogP contribution in [-0.2, 0) is 14.3 Å². The third-order valence-electron chi connectivity index (χ3n) is 5.15. The first kappa shape index (κ1) is 17.7. The molecule has 2 N–H and O–H groups in total. The Bertz CT molecular complexity index is 766. The number of nitrogens with one attached hydrogen (secondary N) is 1. The van der Waals surface area contributed by atoms with Gasteiger partial charge in [0.15, 0.2) is 0 Å². The molecule has 2 aliphatic carbocycles. The van der Waals surface area contributed by atoms with E-state index in [1.54, 1.807) is 6.92 Å². The lowest BCUT2D eigenvalue weighted by atomic mass is 9.82. The van der Waals surface area contributed by atoms with Gasteiger partial charge in [-0.25, -0.2) is 4.79 Å². The Morgan fingerprint density at radius 3 is 2.48 bits per heavy atom. The minimum atomic E-state index is -0.943. The fraction of sp³-hybridized carbons (Fsp3) is 0.500. The van der Waals surface area contributed by atoms with E-state index in [9.17, 15) is 19.5 Å². The van der Waals surface area contributed by atoms with Crippen molar-refractivity contribution in [1.29, 1.82) is 0 Å². The largest absolute Gasteiger partial charge is 0.481 e. The number of hydrogen-bond donors (Lipinski definition) is 2. The number of hydrogen-bond acceptors (Lipinski definition) is 5. The maximum Gasteiger partial charge on any atom is 0.341 e. The van der Waals surface area contributed by atoms with Gasteiger partial charge in [0, 0.05) is 4.88 Å². The Hall–Kier alpha value is -2.15. The van der Waals surface area contributed by atoms with Crippen LogP contribution < -0.4 is 5.32 Å². The highest BCUT2D eigenvalue weighted by Crippen LogP contribution is 2.48. The fourth-order valence-corrected chi connectivity index (χ4v) is 4.93. The molecule has 3 rings (SSSR count). The van der Waals surface area contributed by atoms with Crippen LogP contribution in [0.25, 0.3) is 0 Å². The van der Waals surface area contributed by atoms with Crippen LogP contribution in [0.3, 0.4) is 0 Å². The molecule has 2 bridgehead atoms. The van der Waals surface area contributed by atoms with Crippen LogP contribution in [0, 0.1) is 37.5 Å². The summed E-state index contributed by atoms with van der Waals surface area (Å²) in [6, 6.07) is 0. The van der Waals surface area contributed by atoms with Crippen LogP contribution in [0.4, 0.5) is 5.00 Å². The lowest BCUT2D eigenvalue weighted by Crippen LogP contribution is -2.36. The summed E-state index contributed by atoms with van der Waals surface area (Å²) >= 11 is 1.31. The number of ether oxygens (including phenoxy) is 1. The van der Waals surface area contributed by atoms with E-state index in [2.05, 4.69) is 5.32 Å². The first-order valence-corrected chi connectivity index (χ1v) is 9.15. The number of aliphatic carboxylic acids is 1. The molecule has 1 heterocycles. The molecule has 1 amide bonds. The zero-order valence-corrected chi connectivity index (χ0v) is 15.2. The molecule has 6 nitrogen and oxygen atoms in total. The van der Waals surface area contributed by atoms with E-state index in [-0.39, 0.29) is 24.3 Å². The minimum Gasteiger partial charge on any atom is -0.481 e. The fourth-order valence-electron chi connectivity index (χ4n) is 3.88. The number of aryl methyl sites for hydroxylation is 1. The van der Waals surface area contributed by atoms with Crippen LogP contribution in [0.1, 0.15) is 34.1 Å². The molecular weight excluding hydrogens is 342 g/mol. The second-order valence-corrected chi connectivity index (χ2v) is 7.76. The number of carboxylic acid groups (broad SMARTS) is 1. The third-order valence-corrected chi connectivity index (χ3v) is 6.27.